The van der Waals surface area contributed by atoms with Crippen LogP contribution in [0.25, 0.3) is 10.7 Å². The smallest absolute Gasteiger partial charge is 0.313 e. The summed E-state index contributed by atoms with van der Waals surface area (Å²) in [5, 5.41) is 17.7. The third-order valence-electron chi connectivity index (χ3n) is 3.38. The molecule has 106 valence electrons. The zero-order chi connectivity index (χ0) is 14.1. The Labute approximate surface area is 125 Å². The fourth-order valence-corrected chi connectivity index (χ4v) is 4.29. The number of hydrogen-bond acceptors (Lipinski definition) is 5. The number of carboxylic acids is 1. The SMILES string of the molecule is Cn1c(SCC(=O)O)nnc1-c1cc2c(s1)CCCC2. The molecule has 1 N–H and O–H groups in total. The highest BCUT2D eigenvalue weighted by molar-refractivity contribution is 7.99. The molecule has 0 amide bonds. The Morgan fingerprint density at radius 2 is 2.25 bits per heavy atom. The van der Waals surface area contributed by atoms with Crippen LogP contribution in [0.15, 0.2) is 11.2 Å². The number of hydrogen-bond donors (Lipinski definition) is 1. The number of aromatic nitrogens is 3. The minimum absolute atomic E-state index is 0.00686. The number of rotatable bonds is 4. The molecule has 0 aliphatic heterocycles. The summed E-state index contributed by atoms with van der Waals surface area (Å²) in [6.45, 7) is 0. The number of aryl methyl sites for hydroxylation is 2. The molecule has 0 bridgehead atoms. The molecular weight excluding hydrogens is 294 g/mol. The fourth-order valence-electron chi connectivity index (χ4n) is 2.38. The third kappa shape index (κ3) is 2.60. The lowest BCUT2D eigenvalue weighted by atomic mass is 9.99. The van der Waals surface area contributed by atoms with Gasteiger partial charge in [-0.1, -0.05) is 11.8 Å². The molecule has 0 aromatic carbocycles. The number of carboxylic acid groups (broad SMARTS) is 1. The molecule has 1 aliphatic carbocycles. The van der Waals surface area contributed by atoms with Crippen molar-refractivity contribution in [2.75, 3.05) is 5.75 Å². The van der Waals surface area contributed by atoms with Crippen molar-refractivity contribution in [2.24, 2.45) is 7.05 Å². The lowest BCUT2D eigenvalue weighted by Gasteiger charge is -2.08. The number of fused-ring (bicyclic) bond motifs is 1. The summed E-state index contributed by atoms with van der Waals surface area (Å²) in [4.78, 5) is 13.2. The first-order valence-corrected chi connectivity index (χ1v) is 8.31. The first-order valence-electron chi connectivity index (χ1n) is 6.51. The highest BCUT2D eigenvalue weighted by Crippen LogP contribution is 2.35. The molecule has 2 heterocycles. The predicted octanol–water partition coefficient (Wildman–Crippen LogP) is 2.60. The van der Waals surface area contributed by atoms with Gasteiger partial charge in [-0.3, -0.25) is 4.79 Å². The van der Waals surface area contributed by atoms with Crippen LogP contribution < -0.4 is 0 Å². The number of nitrogens with zero attached hydrogens (tertiary/aromatic N) is 3. The fraction of sp³-hybridized carbons (Fsp3) is 0.462. The van der Waals surface area contributed by atoms with Crippen LogP contribution in [0.3, 0.4) is 0 Å². The first kappa shape index (κ1) is 13.6. The van der Waals surface area contributed by atoms with E-state index in [9.17, 15) is 4.79 Å². The summed E-state index contributed by atoms with van der Waals surface area (Å²) in [6, 6.07) is 2.22. The lowest BCUT2D eigenvalue weighted by molar-refractivity contribution is -0.133. The van der Waals surface area contributed by atoms with Gasteiger partial charge in [-0.25, -0.2) is 0 Å². The summed E-state index contributed by atoms with van der Waals surface area (Å²) < 4.78 is 1.88. The van der Waals surface area contributed by atoms with Crippen molar-refractivity contribution in [3.63, 3.8) is 0 Å². The van der Waals surface area contributed by atoms with Gasteiger partial charge in [0.2, 0.25) is 0 Å². The monoisotopic (exact) mass is 309 g/mol. The highest BCUT2D eigenvalue weighted by Gasteiger charge is 2.18. The second kappa shape index (κ2) is 5.57. The molecule has 0 unspecified atom stereocenters. The predicted molar refractivity (Wildman–Crippen MR) is 79.3 cm³/mol. The van der Waals surface area contributed by atoms with Crippen LogP contribution >= 0.6 is 23.1 Å². The van der Waals surface area contributed by atoms with Crippen molar-refractivity contribution in [2.45, 2.75) is 30.8 Å². The highest BCUT2D eigenvalue weighted by atomic mass is 32.2. The number of aliphatic carboxylic acids is 1. The summed E-state index contributed by atoms with van der Waals surface area (Å²) in [6.07, 6.45) is 4.86. The van der Waals surface area contributed by atoms with E-state index < -0.39 is 5.97 Å². The second-order valence-electron chi connectivity index (χ2n) is 4.81. The number of thioether (sulfide) groups is 1. The van der Waals surface area contributed by atoms with Gasteiger partial charge in [0.25, 0.3) is 0 Å². The molecular formula is C13H15N3O2S2. The van der Waals surface area contributed by atoms with Crippen molar-refractivity contribution in [3.8, 4) is 10.7 Å². The Hall–Kier alpha value is -1.34. The Bertz CT molecular complexity index is 625. The molecule has 0 radical (unpaired) electrons. The van der Waals surface area contributed by atoms with E-state index in [1.807, 2.05) is 11.6 Å². The molecule has 5 nitrogen and oxygen atoms in total. The standard InChI is InChI=1S/C13H15N3O2S2/c1-16-12(14-15-13(16)19-7-11(17)18)10-6-8-4-2-3-5-9(8)20-10/h6H,2-5,7H2,1H3,(H,17,18). The molecule has 2 aromatic rings. The maximum absolute atomic E-state index is 10.6. The third-order valence-corrected chi connectivity index (χ3v) is 5.61. The van der Waals surface area contributed by atoms with Crippen LogP contribution in [-0.4, -0.2) is 31.6 Å². The number of thiophene rings is 1. The van der Waals surface area contributed by atoms with Crippen molar-refractivity contribution in [1.82, 2.24) is 14.8 Å². The van der Waals surface area contributed by atoms with Gasteiger partial charge in [0.15, 0.2) is 11.0 Å². The molecule has 20 heavy (non-hydrogen) atoms. The average molecular weight is 309 g/mol. The molecule has 3 rings (SSSR count). The zero-order valence-corrected chi connectivity index (χ0v) is 12.8. The van der Waals surface area contributed by atoms with Gasteiger partial charge in [-0.05, 0) is 37.3 Å². The van der Waals surface area contributed by atoms with E-state index in [-0.39, 0.29) is 5.75 Å². The Morgan fingerprint density at radius 3 is 3.00 bits per heavy atom. The van der Waals surface area contributed by atoms with Gasteiger partial charge in [0.1, 0.15) is 0 Å². The van der Waals surface area contributed by atoms with Crippen molar-refractivity contribution in [3.05, 3.63) is 16.5 Å². The number of carbonyl (C=O) groups is 1. The molecule has 0 spiro atoms. The maximum atomic E-state index is 10.6. The van der Waals surface area contributed by atoms with E-state index >= 15 is 0 Å². The maximum Gasteiger partial charge on any atom is 0.313 e. The zero-order valence-electron chi connectivity index (χ0n) is 11.1. The van der Waals surface area contributed by atoms with E-state index in [0.29, 0.717) is 5.16 Å². The van der Waals surface area contributed by atoms with Gasteiger partial charge >= 0.3 is 5.97 Å². The second-order valence-corrected chi connectivity index (χ2v) is 6.89. The molecule has 2 aromatic heterocycles. The summed E-state index contributed by atoms with van der Waals surface area (Å²) in [5.74, 6) is -0.00386. The quantitative estimate of drug-likeness (QED) is 0.879. The van der Waals surface area contributed by atoms with Crippen molar-refractivity contribution in [1.29, 1.82) is 0 Å². The van der Waals surface area contributed by atoms with Gasteiger partial charge in [0, 0.05) is 11.9 Å². The molecule has 1 aliphatic rings. The Kier molecular flexibility index (Phi) is 3.80. The first-order chi connectivity index (χ1) is 9.65. The Balaban J connectivity index is 1.87. The summed E-state index contributed by atoms with van der Waals surface area (Å²) in [5.41, 5.74) is 1.44. The van der Waals surface area contributed by atoms with Crippen LogP contribution in [0.2, 0.25) is 0 Å². The van der Waals surface area contributed by atoms with E-state index in [0.717, 1.165) is 17.1 Å². The topological polar surface area (TPSA) is 68.0 Å². The van der Waals surface area contributed by atoms with Crippen LogP contribution in [0.1, 0.15) is 23.3 Å². The average Bonchev–Trinajstić information content (AvgIpc) is 2.99. The largest absolute Gasteiger partial charge is 0.481 e. The van der Waals surface area contributed by atoms with Crippen LogP contribution in [0, 0.1) is 0 Å². The Morgan fingerprint density at radius 1 is 1.45 bits per heavy atom. The summed E-state index contributed by atoms with van der Waals surface area (Å²) >= 11 is 2.99. The van der Waals surface area contributed by atoms with Crippen molar-refractivity contribution < 1.29 is 9.90 Å². The molecule has 7 heteroatoms. The molecule has 0 fully saturated rings. The van der Waals surface area contributed by atoms with E-state index in [2.05, 4.69) is 16.3 Å². The van der Waals surface area contributed by atoms with Gasteiger partial charge in [0.05, 0.1) is 10.6 Å². The van der Waals surface area contributed by atoms with Gasteiger partial charge < -0.3 is 9.67 Å². The lowest BCUT2D eigenvalue weighted by Crippen LogP contribution is -2.00. The minimum atomic E-state index is -0.842. The van der Waals surface area contributed by atoms with E-state index in [1.165, 1.54) is 41.5 Å². The summed E-state index contributed by atoms with van der Waals surface area (Å²) in [7, 11) is 1.89. The molecule has 0 saturated heterocycles. The van der Waals surface area contributed by atoms with Crippen LogP contribution in [0.4, 0.5) is 0 Å². The molecule has 0 atom stereocenters. The molecule has 0 saturated carbocycles. The van der Waals surface area contributed by atoms with Crippen LogP contribution in [-0.2, 0) is 24.7 Å². The van der Waals surface area contributed by atoms with Gasteiger partial charge in [-0.15, -0.1) is 21.5 Å². The van der Waals surface area contributed by atoms with Gasteiger partial charge in [-0.2, -0.15) is 0 Å². The minimum Gasteiger partial charge on any atom is -0.481 e. The van der Waals surface area contributed by atoms with Crippen molar-refractivity contribution >= 4 is 29.1 Å². The van der Waals surface area contributed by atoms with E-state index in [1.54, 1.807) is 11.3 Å². The van der Waals surface area contributed by atoms with E-state index in [4.69, 9.17) is 5.11 Å². The van der Waals surface area contributed by atoms with Crippen LogP contribution in [0.5, 0.6) is 0 Å². The normalized spacial score (nSPS) is 14.2.